The van der Waals surface area contributed by atoms with E-state index in [-0.39, 0.29) is 17.7 Å². The van der Waals surface area contributed by atoms with Gasteiger partial charge in [-0.05, 0) is 49.9 Å². The minimum atomic E-state index is -0.165. The van der Waals surface area contributed by atoms with Crippen molar-refractivity contribution in [3.05, 3.63) is 66.4 Å². The van der Waals surface area contributed by atoms with Gasteiger partial charge in [-0.25, -0.2) is 4.68 Å². The second-order valence-corrected chi connectivity index (χ2v) is 8.74. The molecule has 2 heterocycles. The van der Waals surface area contributed by atoms with Gasteiger partial charge in [0.15, 0.2) is 0 Å². The number of hydrogen-bond acceptors (Lipinski definition) is 4. The van der Waals surface area contributed by atoms with E-state index < -0.39 is 0 Å². The molecule has 1 saturated heterocycles. The lowest BCUT2D eigenvalue weighted by Gasteiger charge is -2.32. The van der Waals surface area contributed by atoms with E-state index >= 15 is 0 Å². The van der Waals surface area contributed by atoms with E-state index in [9.17, 15) is 9.59 Å². The number of aromatic nitrogens is 2. The van der Waals surface area contributed by atoms with Crippen LogP contribution in [0.5, 0.6) is 5.75 Å². The highest BCUT2D eigenvalue weighted by molar-refractivity contribution is 6.01. The molecule has 2 fully saturated rings. The minimum absolute atomic E-state index is 0.0694. The molecule has 1 aromatic heterocycles. The van der Waals surface area contributed by atoms with Gasteiger partial charge >= 0.3 is 0 Å². The molecule has 1 N–H and O–H groups in total. The minimum Gasteiger partial charge on any atom is -0.496 e. The zero-order valence-electron chi connectivity index (χ0n) is 18.7. The largest absolute Gasteiger partial charge is 0.496 e. The quantitative estimate of drug-likeness (QED) is 0.629. The second kappa shape index (κ2) is 9.10. The normalized spacial score (nSPS) is 18.1. The van der Waals surface area contributed by atoms with Gasteiger partial charge in [0.2, 0.25) is 5.91 Å². The van der Waals surface area contributed by atoms with Crippen LogP contribution in [0.4, 0.5) is 0 Å². The monoisotopic (exact) mass is 444 g/mol. The number of likely N-dealkylation sites (tertiary alicyclic amines) is 1. The Morgan fingerprint density at radius 2 is 1.79 bits per heavy atom. The molecule has 1 unspecified atom stereocenters. The van der Waals surface area contributed by atoms with Gasteiger partial charge in [0.25, 0.3) is 5.91 Å². The van der Waals surface area contributed by atoms with Gasteiger partial charge in [-0.1, -0.05) is 30.3 Å². The van der Waals surface area contributed by atoms with Crippen LogP contribution >= 0.6 is 0 Å². The van der Waals surface area contributed by atoms with Crippen LogP contribution in [0.25, 0.3) is 16.9 Å². The van der Waals surface area contributed by atoms with Crippen molar-refractivity contribution < 1.29 is 14.3 Å². The Bertz CT molecular complexity index is 1150. The van der Waals surface area contributed by atoms with Crippen LogP contribution in [0.3, 0.4) is 0 Å². The van der Waals surface area contributed by atoms with Crippen molar-refractivity contribution in [2.24, 2.45) is 5.92 Å². The number of hydrogen-bond donors (Lipinski definition) is 1. The molecule has 0 bridgehead atoms. The number of methoxy groups -OCH3 is 1. The van der Waals surface area contributed by atoms with E-state index in [2.05, 4.69) is 5.32 Å². The predicted octanol–water partition coefficient (Wildman–Crippen LogP) is 3.68. The van der Waals surface area contributed by atoms with Crippen molar-refractivity contribution in [3.8, 4) is 22.7 Å². The molecule has 170 valence electrons. The Morgan fingerprint density at radius 1 is 1.03 bits per heavy atom. The SMILES string of the molecule is COc1ccccc1-c1nn(-c2ccccc2)cc1C(=O)N1CCCC(C(=O)NC2CC2)C1. The zero-order valence-corrected chi connectivity index (χ0v) is 18.7. The fourth-order valence-corrected chi connectivity index (χ4v) is 4.38. The molecule has 7 nitrogen and oxygen atoms in total. The number of piperidine rings is 1. The van der Waals surface area contributed by atoms with Crippen LogP contribution in [0.2, 0.25) is 0 Å². The van der Waals surface area contributed by atoms with Gasteiger partial charge < -0.3 is 15.0 Å². The van der Waals surface area contributed by atoms with E-state index in [1.165, 1.54) is 0 Å². The number of benzene rings is 2. The first kappa shape index (κ1) is 21.2. The lowest BCUT2D eigenvalue weighted by Crippen LogP contribution is -2.45. The predicted molar refractivity (Wildman–Crippen MR) is 125 cm³/mol. The van der Waals surface area contributed by atoms with E-state index in [1.807, 2.05) is 54.6 Å². The number of ether oxygens (including phenoxy) is 1. The maximum atomic E-state index is 13.7. The lowest BCUT2D eigenvalue weighted by molar-refractivity contribution is -0.126. The average Bonchev–Trinajstić information content (AvgIpc) is 3.58. The average molecular weight is 445 g/mol. The Kier molecular flexibility index (Phi) is 5.86. The number of nitrogens with zero attached hydrogens (tertiary/aromatic N) is 3. The van der Waals surface area contributed by atoms with Crippen molar-refractivity contribution in [2.45, 2.75) is 31.7 Å². The first-order chi connectivity index (χ1) is 16.1. The van der Waals surface area contributed by atoms with Gasteiger partial charge in [-0.15, -0.1) is 0 Å². The molecule has 1 atom stereocenters. The van der Waals surface area contributed by atoms with Crippen LogP contribution < -0.4 is 10.1 Å². The molecule has 3 aromatic rings. The van der Waals surface area contributed by atoms with Crippen molar-refractivity contribution >= 4 is 11.8 Å². The van der Waals surface area contributed by atoms with Crippen LogP contribution in [0.15, 0.2) is 60.8 Å². The summed E-state index contributed by atoms with van der Waals surface area (Å²) in [5.41, 5.74) is 2.71. The standard InChI is InChI=1S/C26H28N4O3/c1-33-23-12-6-5-11-21(23)24-22(17-30(28-24)20-9-3-2-4-10-20)26(32)29-15-7-8-18(16-29)25(31)27-19-13-14-19/h2-6,9-12,17-19H,7-8,13-16H2,1H3,(H,27,31). The number of rotatable bonds is 6. The Morgan fingerprint density at radius 3 is 2.55 bits per heavy atom. The fraction of sp³-hybridized carbons (Fsp3) is 0.346. The lowest BCUT2D eigenvalue weighted by atomic mass is 9.96. The highest BCUT2D eigenvalue weighted by Crippen LogP contribution is 2.33. The molecule has 2 aliphatic rings. The zero-order chi connectivity index (χ0) is 22.8. The molecule has 1 aliphatic carbocycles. The first-order valence-corrected chi connectivity index (χ1v) is 11.5. The third-order valence-electron chi connectivity index (χ3n) is 6.33. The van der Waals surface area contributed by atoms with E-state index in [4.69, 9.17) is 9.84 Å². The molecule has 0 radical (unpaired) electrons. The summed E-state index contributed by atoms with van der Waals surface area (Å²) in [5, 5.41) is 7.88. The number of carbonyl (C=O) groups excluding carboxylic acids is 2. The third kappa shape index (κ3) is 4.49. The molecule has 7 heteroatoms. The van der Waals surface area contributed by atoms with Crippen molar-refractivity contribution in [1.29, 1.82) is 0 Å². The van der Waals surface area contributed by atoms with Gasteiger partial charge in [0.1, 0.15) is 11.4 Å². The topological polar surface area (TPSA) is 76.5 Å². The molecular weight excluding hydrogens is 416 g/mol. The van der Waals surface area contributed by atoms with Crippen molar-refractivity contribution in [2.75, 3.05) is 20.2 Å². The van der Waals surface area contributed by atoms with Crippen molar-refractivity contribution in [1.82, 2.24) is 20.0 Å². The van der Waals surface area contributed by atoms with Crippen LogP contribution in [0, 0.1) is 5.92 Å². The molecule has 33 heavy (non-hydrogen) atoms. The molecule has 0 spiro atoms. The molecular formula is C26H28N4O3. The van der Waals surface area contributed by atoms with Gasteiger partial charge in [0.05, 0.1) is 24.3 Å². The van der Waals surface area contributed by atoms with Crippen LogP contribution in [-0.2, 0) is 4.79 Å². The highest BCUT2D eigenvalue weighted by Gasteiger charge is 2.33. The fourth-order valence-electron chi connectivity index (χ4n) is 4.38. The summed E-state index contributed by atoms with van der Waals surface area (Å²) in [7, 11) is 1.61. The number of carbonyl (C=O) groups is 2. The summed E-state index contributed by atoms with van der Waals surface area (Å²) in [6, 6.07) is 17.6. The summed E-state index contributed by atoms with van der Waals surface area (Å²) in [5.74, 6) is 0.453. The highest BCUT2D eigenvalue weighted by atomic mass is 16.5. The molecule has 5 rings (SSSR count). The maximum Gasteiger partial charge on any atom is 0.257 e. The number of para-hydroxylation sites is 2. The number of amides is 2. The van der Waals surface area contributed by atoms with E-state index in [0.29, 0.717) is 36.1 Å². The second-order valence-electron chi connectivity index (χ2n) is 8.74. The van der Waals surface area contributed by atoms with Gasteiger partial charge in [-0.3, -0.25) is 9.59 Å². The first-order valence-electron chi connectivity index (χ1n) is 11.5. The maximum absolute atomic E-state index is 13.7. The van der Waals surface area contributed by atoms with E-state index in [0.717, 1.165) is 36.9 Å². The summed E-state index contributed by atoms with van der Waals surface area (Å²) in [6.45, 7) is 1.06. The van der Waals surface area contributed by atoms with Gasteiger partial charge in [-0.2, -0.15) is 5.10 Å². The smallest absolute Gasteiger partial charge is 0.257 e. The summed E-state index contributed by atoms with van der Waals surface area (Å²) < 4.78 is 7.29. The number of nitrogens with one attached hydrogen (secondary N) is 1. The Hall–Kier alpha value is -3.61. The van der Waals surface area contributed by atoms with Crippen LogP contribution in [0.1, 0.15) is 36.0 Å². The molecule has 2 aromatic carbocycles. The molecule has 2 amide bonds. The Labute approximate surface area is 193 Å². The molecule has 1 aliphatic heterocycles. The molecule has 1 saturated carbocycles. The van der Waals surface area contributed by atoms with Gasteiger partial charge in [0, 0.05) is 30.9 Å². The Balaban J connectivity index is 1.48. The van der Waals surface area contributed by atoms with Crippen molar-refractivity contribution in [3.63, 3.8) is 0 Å². The van der Waals surface area contributed by atoms with Crippen LogP contribution in [-0.4, -0.2) is 52.7 Å². The van der Waals surface area contributed by atoms with E-state index in [1.54, 1.807) is 22.9 Å². The summed E-state index contributed by atoms with van der Waals surface area (Å²) in [4.78, 5) is 28.2. The summed E-state index contributed by atoms with van der Waals surface area (Å²) in [6.07, 6.45) is 5.52. The third-order valence-corrected chi connectivity index (χ3v) is 6.33. The summed E-state index contributed by atoms with van der Waals surface area (Å²) >= 11 is 0.